The zero-order valence-corrected chi connectivity index (χ0v) is 8.87. The molecule has 1 saturated carbocycles. The van der Waals surface area contributed by atoms with Crippen molar-refractivity contribution in [1.82, 2.24) is 5.32 Å². The summed E-state index contributed by atoms with van der Waals surface area (Å²) in [6.07, 6.45) is 4.52. The molecule has 0 aromatic rings. The third-order valence-corrected chi connectivity index (χ3v) is 4.11. The molecule has 0 aromatic carbocycles. The van der Waals surface area contributed by atoms with Crippen molar-refractivity contribution in [2.45, 2.75) is 30.0 Å². The SMILES string of the molecule is O=C1NC[C@@H]2CCCC[C@H]2C1(Cl)Cl. The first kappa shape index (κ1) is 9.60. The molecular weight excluding hydrogens is 209 g/mol. The Bertz CT molecular complexity index is 230. The van der Waals surface area contributed by atoms with Crippen molar-refractivity contribution in [3.63, 3.8) is 0 Å². The summed E-state index contributed by atoms with van der Waals surface area (Å²) < 4.78 is -1.18. The van der Waals surface area contributed by atoms with Gasteiger partial charge in [0.05, 0.1) is 0 Å². The van der Waals surface area contributed by atoms with Crippen molar-refractivity contribution >= 4 is 29.1 Å². The molecule has 1 saturated heterocycles. The lowest BCUT2D eigenvalue weighted by Gasteiger charge is -2.42. The maximum atomic E-state index is 11.4. The molecule has 4 heteroatoms. The van der Waals surface area contributed by atoms with Gasteiger partial charge < -0.3 is 5.32 Å². The molecule has 1 aliphatic carbocycles. The lowest BCUT2D eigenvalue weighted by molar-refractivity contribution is -0.126. The summed E-state index contributed by atoms with van der Waals surface area (Å²) in [6, 6.07) is 0. The van der Waals surface area contributed by atoms with Crippen LogP contribution < -0.4 is 5.32 Å². The molecule has 13 heavy (non-hydrogen) atoms. The number of nitrogens with one attached hydrogen (secondary N) is 1. The van der Waals surface area contributed by atoms with Gasteiger partial charge in [0.2, 0.25) is 0 Å². The zero-order valence-electron chi connectivity index (χ0n) is 7.35. The van der Waals surface area contributed by atoms with Gasteiger partial charge in [-0.15, -0.1) is 0 Å². The Kier molecular flexibility index (Phi) is 2.45. The second-order valence-corrected chi connectivity index (χ2v) is 5.37. The van der Waals surface area contributed by atoms with Gasteiger partial charge in [0.1, 0.15) is 0 Å². The van der Waals surface area contributed by atoms with Crippen LogP contribution in [0, 0.1) is 11.8 Å². The number of carbonyl (C=O) groups excluding carboxylic acids is 1. The first-order chi connectivity index (χ1) is 6.12. The lowest BCUT2D eigenvalue weighted by Crippen LogP contribution is -2.55. The van der Waals surface area contributed by atoms with Crippen molar-refractivity contribution < 1.29 is 4.79 Å². The zero-order chi connectivity index (χ0) is 9.47. The molecule has 2 atom stereocenters. The summed E-state index contributed by atoms with van der Waals surface area (Å²) in [6.45, 7) is 0.755. The third-order valence-electron chi connectivity index (χ3n) is 3.20. The van der Waals surface area contributed by atoms with E-state index in [1.165, 1.54) is 6.42 Å². The van der Waals surface area contributed by atoms with Gasteiger partial charge >= 0.3 is 0 Å². The first-order valence-corrected chi connectivity index (χ1v) is 5.54. The number of carbonyl (C=O) groups is 1. The van der Waals surface area contributed by atoms with E-state index in [1.54, 1.807) is 0 Å². The molecule has 1 aliphatic heterocycles. The Morgan fingerprint density at radius 1 is 1.31 bits per heavy atom. The monoisotopic (exact) mass is 221 g/mol. The van der Waals surface area contributed by atoms with E-state index in [1.807, 2.05) is 0 Å². The Balaban J connectivity index is 2.19. The molecule has 1 N–H and O–H groups in total. The average Bonchev–Trinajstić information content (AvgIpc) is 2.13. The van der Waals surface area contributed by atoms with Crippen LogP contribution >= 0.6 is 23.2 Å². The summed E-state index contributed by atoms with van der Waals surface area (Å²) in [7, 11) is 0. The maximum absolute atomic E-state index is 11.4. The van der Waals surface area contributed by atoms with Crippen LogP contribution in [-0.4, -0.2) is 16.8 Å². The molecule has 1 heterocycles. The van der Waals surface area contributed by atoms with E-state index in [9.17, 15) is 4.79 Å². The molecule has 2 fully saturated rings. The molecule has 2 aliphatic rings. The van der Waals surface area contributed by atoms with Crippen LogP contribution in [0.5, 0.6) is 0 Å². The van der Waals surface area contributed by atoms with Crippen molar-refractivity contribution in [2.24, 2.45) is 11.8 Å². The topological polar surface area (TPSA) is 29.1 Å². The molecular formula is C9H13Cl2NO. The van der Waals surface area contributed by atoms with Gasteiger partial charge in [0.25, 0.3) is 5.91 Å². The Labute approximate surface area is 88.0 Å². The molecule has 0 radical (unpaired) electrons. The van der Waals surface area contributed by atoms with Crippen molar-refractivity contribution in [3.05, 3.63) is 0 Å². The number of amides is 1. The number of hydrogen-bond acceptors (Lipinski definition) is 1. The van der Waals surface area contributed by atoms with Crippen LogP contribution in [0.2, 0.25) is 0 Å². The van der Waals surface area contributed by atoms with Crippen LogP contribution in [0.15, 0.2) is 0 Å². The summed E-state index contributed by atoms with van der Waals surface area (Å²) >= 11 is 12.1. The minimum absolute atomic E-state index is 0.165. The van der Waals surface area contributed by atoms with E-state index in [0.29, 0.717) is 5.92 Å². The number of piperidine rings is 1. The average molecular weight is 222 g/mol. The highest BCUT2D eigenvalue weighted by Gasteiger charge is 2.49. The number of fused-ring (bicyclic) bond motifs is 1. The second-order valence-electron chi connectivity index (χ2n) is 3.98. The van der Waals surface area contributed by atoms with Gasteiger partial charge in [-0.3, -0.25) is 4.79 Å². The fourth-order valence-electron chi connectivity index (χ4n) is 2.44. The van der Waals surface area contributed by atoms with Crippen molar-refractivity contribution in [2.75, 3.05) is 6.54 Å². The van der Waals surface area contributed by atoms with E-state index in [0.717, 1.165) is 25.8 Å². The highest BCUT2D eigenvalue weighted by atomic mass is 35.5. The highest BCUT2D eigenvalue weighted by Crippen LogP contribution is 2.45. The summed E-state index contributed by atoms with van der Waals surface area (Å²) in [5.41, 5.74) is 0. The van der Waals surface area contributed by atoms with Crippen LogP contribution in [0.1, 0.15) is 25.7 Å². The molecule has 0 spiro atoms. The van der Waals surface area contributed by atoms with E-state index < -0.39 is 4.33 Å². The van der Waals surface area contributed by atoms with Gasteiger partial charge in [-0.1, -0.05) is 36.0 Å². The van der Waals surface area contributed by atoms with Crippen LogP contribution in [-0.2, 0) is 4.79 Å². The van der Waals surface area contributed by atoms with Crippen LogP contribution in [0.3, 0.4) is 0 Å². The number of alkyl halides is 2. The fraction of sp³-hybridized carbons (Fsp3) is 0.889. The van der Waals surface area contributed by atoms with Crippen LogP contribution in [0.25, 0.3) is 0 Å². The number of hydrogen-bond donors (Lipinski definition) is 1. The predicted molar refractivity (Wildman–Crippen MR) is 52.9 cm³/mol. The molecule has 0 unspecified atom stereocenters. The van der Waals surface area contributed by atoms with E-state index in [-0.39, 0.29) is 11.8 Å². The van der Waals surface area contributed by atoms with Gasteiger partial charge in [0.15, 0.2) is 4.33 Å². The minimum atomic E-state index is -1.18. The lowest BCUT2D eigenvalue weighted by atomic mass is 9.75. The van der Waals surface area contributed by atoms with Crippen molar-refractivity contribution in [3.8, 4) is 0 Å². The summed E-state index contributed by atoms with van der Waals surface area (Å²) in [4.78, 5) is 11.4. The maximum Gasteiger partial charge on any atom is 0.256 e. The summed E-state index contributed by atoms with van der Waals surface area (Å²) in [5, 5.41) is 2.77. The normalized spacial score (nSPS) is 37.8. The minimum Gasteiger partial charge on any atom is -0.353 e. The highest BCUT2D eigenvalue weighted by molar-refractivity contribution is 6.58. The molecule has 2 rings (SSSR count). The Morgan fingerprint density at radius 2 is 2.00 bits per heavy atom. The third kappa shape index (κ3) is 1.55. The van der Waals surface area contributed by atoms with Crippen LogP contribution in [0.4, 0.5) is 0 Å². The molecule has 0 bridgehead atoms. The summed E-state index contributed by atoms with van der Waals surface area (Å²) in [5.74, 6) is 0.443. The number of halogens is 2. The Morgan fingerprint density at radius 3 is 2.77 bits per heavy atom. The smallest absolute Gasteiger partial charge is 0.256 e. The molecule has 2 nitrogen and oxygen atoms in total. The van der Waals surface area contributed by atoms with E-state index in [4.69, 9.17) is 23.2 Å². The van der Waals surface area contributed by atoms with E-state index >= 15 is 0 Å². The largest absolute Gasteiger partial charge is 0.353 e. The molecule has 0 aromatic heterocycles. The van der Waals surface area contributed by atoms with E-state index in [2.05, 4.69) is 5.32 Å². The predicted octanol–water partition coefficient (Wildman–Crippen LogP) is 2.10. The van der Waals surface area contributed by atoms with Crippen molar-refractivity contribution in [1.29, 1.82) is 0 Å². The quantitative estimate of drug-likeness (QED) is 0.625. The number of rotatable bonds is 0. The van der Waals surface area contributed by atoms with Gasteiger partial charge in [-0.25, -0.2) is 0 Å². The fourth-order valence-corrected chi connectivity index (χ4v) is 3.15. The second kappa shape index (κ2) is 3.32. The molecule has 1 amide bonds. The van der Waals surface area contributed by atoms with Gasteiger partial charge in [-0.05, 0) is 18.8 Å². The standard InChI is InChI=1S/C9H13Cl2NO/c10-9(11)7-4-2-1-3-6(7)5-12-8(9)13/h6-7H,1-5H2,(H,12,13)/t6-,7+/m0/s1. The Hall–Kier alpha value is 0.0500. The first-order valence-electron chi connectivity index (χ1n) is 4.78. The van der Waals surface area contributed by atoms with Gasteiger partial charge in [-0.2, -0.15) is 0 Å². The molecule has 74 valence electrons. The van der Waals surface area contributed by atoms with Gasteiger partial charge in [0, 0.05) is 12.5 Å².